The van der Waals surface area contributed by atoms with Crippen LogP contribution in [0.1, 0.15) is 6.92 Å². The SMILES string of the molecule is CC(=O)N[C@H]1[C@H](O[C@@H]2[C@@H](O[C@@H]3[C@H](O)[C@H](O)O[C@H](CO)[C@H]3O)O[C@H](CO)[C@@H](O)[C@@H]2O)O[C@H](CO)[C@@H](O)[C@@H]1O. The summed E-state index contributed by atoms with van der Waals surface area (Å²) in [5, 5.41) is 103. The van der Waals surface area contributed by atoms with Gasteiger partial charge in [-0.25, -0.2) is 0 Å². The van der Waals surface area contributed by atoms with Crippen molar-refractivity contribution in [2.24, 2.45) is 0 Å². The maximum Gasteiger partial charge on any atom is 0.217 e. The zero-order valence-electron chi connectivity index (χ0n) is 19.7. The Bertz CT molecular complexity index is 747. The summed E-state index contributed by atoms with van der Waals surface area (Å²) in [5.41, 5.74) is 0. The molecular weight excluding hydrogens is 510 g/mol. The molecule has 11 N–H and O–H groups in total. The van der Waals surface area contributed by atoms with Gasteiger partial charge in [0.15, 0.2) is 18.9 Å². The van der Waals surface area contributed by atoms with Crippen molar-refractivity contribution in [1.29, 1.82) is 0 Å². The molecule has 0 aliphatic carbocycles. The van der Waals surface area contributed by atoms with E-state index in [1.54, 1.807) is 0 Å². The molecule has 0 aromatic heterocycles. The van der Waals surface area contributed by atoms with Crippen molar-refractivity contribution in [2.45, 2.75) is 99.0 Å². The number of nitrogens with one attached hydrogen (secondary N) is 1. The van der Waals surface area contributed by atoms with Gasteiger partial charge in [0.2, 0.25) is 5.91 Å². The minimum absolute atomic E-state index is 0.665. The Morgan fingerprint density at radius 2 is 1.14 bits per heavy atom. The number of ether oxygens (including phenoxy) is 5. The number of amides is 1. The van der Waals surface area contributed by atoms with Gasteiger partial charge in [0.25, 0.3) is 0 Å². The molecule has 17 nitrogen and oxygen atoms in total. The Labute approximate surface area is 210 Å². The van der Waals surface area contributed by atoms with E-state index in [9.17, 15) is 55.9 Å². The van der Waals surface area contributed by atoms with Crippen molar-refractivity contribution in [3.8, 4) is 0 Å². The molecule has 15 atom stereocenters. The highest BCUT2D eigenvalue weighted by Crippen LogP contribution is 2.32. The van der Waals surface area contributed by atoms with Crippen molar-refractivity contribution >= 4 is 5.91 Å². The van der Waals surface area contributed by atoms with E-state index < -0.39 is 118 Å². The third-order valence-corrected chi connectivity index (χ3v) is 6.50. The fourth-order valence-electron chi connectivity index (χ4n) is 4.43. The van der Waals surface area contributed by atoms with Gasteiger partial charge in [0, 0.05) is 6.92 Å². The minimum Gasteiger partial charge on any atom is -0.394 e. The summed E-state index contributed by atoms with van der Waals surface area (Å²) in [6.45, 7) is -1.25. The molecule has 3 aliphatic heterocycles. The van der Waals surface area contributed by atoms with Crippen molar-refractivity contribution < 1.29 is 79.5 Å². The topological polar surface area (TPSA) is 278 Å². The number of rotatable bonds is 8. The molecule has 17 heteroatoms. The van der Waals surface area contributed by atoms with Crippen molar-refractivity contribution in [3.05, 3.63) is 0 Å². The van der Waals surface area contributed by atoms with Gasteiger partial charge in [0.1, 0.15) is 73.2 Å². The Morgan fingerprint density at radius 1 is 0.649 bits per heavy atom. The summed E-state index contributed by atoms with van der Waals surface area (Å²) in [6, 6.07) is -1.45. The summed E-state index contributed by atoms with van der Waals surface area (Å²) in [4.78, 5) is 11.7. The van der Waals surface area contributed by atoms with Crippen LogP contribution in [0.4, 0.5) is 0 Å². The fourth-order valence-corrected chi connectivity index (χ4v) is 4.43. The highest BCUT2D eigenvalue weighted by molar-refractivity contribution is 5.73. The van der Waals surface area contributed by atoms with Gasteiger partial charge in [0.05, 0.1) is 19.8 Å². The Kier molecular flexibility index (Phi) is 10.5. The van der Waals surface area contributed by atoms with Gasteiger partial charge in [-0.05, 0) is 0 Å². The molecule has 0 spiro atoms. The molecule has 0 bridgehead atoms. The van der Waals surface area contributed by atoms with Gasteiger partial charge in [-0.1, -0.05) is 0 Å². The smallest absolute Gasteiger partial charge is 0.217 e. The highest BCUT2D eigenvalue weighted by atomic mass is 16.8. The number of hydrogen-bond acceptors (Lipinski definition) is 16. The van der Waals surface area contributed by atoms with Gasteiger partial charge < -0.3 is 80.1 Å². The van der Waals surface area contributed by atoms with E-state index in [1.807, 2.05) is 0 Å². The molecule has 3 aliphatic rings. The van der Waals surface area contributed by atoms with Gasteiger partial charge >= 0.3 is 0 Å². The summed E-state index contributed by atoms with van der Waals surface area (Å²) >= 11 is 0. The number of carbonyl (C=O) groups excluding carboxylic acids is 1. The normalized spacial score (nSPS) is 49.0. The van der Waals surface area contributed by atoms with Crippen LogP contribution in [0.2, 0.25) is 0 Å². The number of aliphatic hydroxyl groups excluding tert-OH is 10. The number of hydrogen-bond donors (Lipinski definition) is 11. The van der Waals surface area contributed by atoms with E-state index in [0.717, 1.165) is 6.92 Å². The molecular formula is C20H35NO16. The molecule has 37 heavy (non-hydrogen) atoms. The zero-order valence-corrected chi connectivity index (χ0v) is 19.7. The first-order valence-electron chi connectivity index (χ1n) is 11.6. The predicted molar refractivity (Wildman–Crippen MR) is 113 cm³/mol. The average molecular weight is 545 g/mol. The molecule has 1 amide bonds. The molecule has 0 aromatic rings. The minimum atomic E-state index is -1.90. The molecule has 0 aromatic carbocycles. The van der Waals surface area contributed by atoms with Crippen LogP contribution in [-0.2, 0) is 28.5 Å². The predicted octanol–water partition coefficient (Wildman–Crippen LogP) is -7.43. The summed E-state index contributed by atoms with van der Waals surface area (Å²) in [7, 11) is 0. The zero-order chi connectivity index (χ0) is 27.6. The van der Waals surface area contributed by atoms with Gasteiger partial charge in [-0.15, -0.1) is 0 Å². The second kappa shape index (κ2) is 12.8. The lowest BCUT2D eigenvalue weighted by molar-refractivity contribution is -0.380. The third kappa shape index (κ3) is 6.38. The second-order valence-electron chi connectivity index (χ2n) is 9.07. The monoisotopic (exact) mass is 545 g/mol. The lowest BCUT2D eigenvalue weighted by Crippen LogP contribution is -2.68. The maximum absolute atomic E-state index is 11.7. The molecule has 3 saturated heterocycles. The number of carbonyl (C=O) groups is 1. The lowest BCUT2D eigenvalue weighted by Gasteiger charge is -2.48. The van der Waals surface area contributed by atoms with E-state index in [4.69, 9.17) is 23.7 Å². The van der Waals surface area contributed by atoms with Crippen LogP contribution < -0.4 is 5.32 Å². The highest BCUT2D eigenvalue weighted by Gasteiger charge is 2.54. The van der Waals surface area contributed by atoms with Crippen LogP contribution in [0.25, 0.3) is 0 Å². The molecule has 3 rings (SSSR count). The fraction of sp³-hybridized carbons (Fsp3) is 0.950. The van der Waals surface area contributed by atoms with Crippen LogP contribution in [0.5, 0.6) is 0 Å². The maximum atomic E-state index is 11.7. The van der Waals surface area contributed by atoms with Crippen LogP contribution >= 0.6 is 0 Å². The summed E-state index contributed by atoms with van der Waals surface area (Å²) in [5.74, 6) is -0.665. The first-order chi connectivity index (χ1) is 17.4. The van der Waals surface area contributed by atoms with Crippen LogP contribution in [-0.4, -0.2) is 169 Å². The molecule has 0 unspecified atom stereocenters. The largest absolute Gasteiger partial charge is 0.394 e. The Balaban J connectivity index is 1.90. The van der Waals surface area contributed by atoms with Crippen molar-refractivity contribution in [2.75, 3.05) is 19.8 Å². The molecule has 0 saturated carbocycles. The second-order valence-corrected chi connectivity index (χ2v) is 9.07. The van der Waals surface area contributed by atoms with E-state index in [0.29, 0.717) is 0 Å². The van der Waals surface area contributed by atoms with E-state index in [1.165, 1.54) is 0 Å². The van der Waals surface area contributed by atoms with Gasteiger partial charge in [-0.3, -0.25) is 4.79 Å². The quantitative estimate of drug-likeness (QED) is 0.135. The Morgan fingerprint density at radius 3 is 1.68 bits per heavy atom. The average Bonchev–Trinajstić information content (AvgIpc) is 2.86. The molecule has 0 radical (unpaired) electrons. The first kappa shape index (κ1) is 30.4. The molecule has 3 heterocycles. The van der Waals surface area contributed by atoms with Crippen molar-refractivity contribution in [1.82, 2.24) is 5.32 Å². The number of aliphatic hydroxyl groups is 10. The van der Waals surface area contributed by atoms with Crippen LogP contribution in [0.15, 0.2) is 0 Å². The van der Waals surface area contributed by atoms with Gasteiger partial charge in [-0.2, -0.15) is 0 Å². The van der Waals surface area contributed by atoms with E-state index >= 15 is 0 Å². The van der Waals surface area contributed by atoms with Crippen molar-refractivity contribution in [3.63, 3.8) is 0 Å². The van der Waals surface area contributed by atoms with E-state index in [-0.39, 0.29) is 0 Å². The summed E-state index contributed by atoms with van der Waals surface area (Å²) < 4.78 is 27.1. The Hall–Kier alpha value is -1.13. The van der Waals surface area contributed by atoms with Crippen LogP contribution in [0, 0.1) is 0 Å². The standard InChI is InChI=1S/C20H35NO16/c1-5(25)21-9-13(29)10(26)6(2-22)34-19(9)37-17-14(30)11(27)7(3-23)35-20(17)36-16-12(28)8(4-24)33-18(32)15(16)31/h6-20,22-24,26-32H,2-4H2,1H3,(H,21,25)/t6-,7-,8-,9-,10-,11-,12-,13-,14+,15+,16+,17+,18-,19+,20-/m1/s1. The molecule has 3 fully saturated rings. The van der Waals surface area contributed by atoms with Crippen LogP contribution in [0.3, 0.4) is 0 Å². The third-order valence-electron chi connectivity index (χ3n) is 6.50. The lowest BCUT2D eigenvalue weighted by atomic mass is 9.95. The first-order valence-corrected chi connectivity index (χ1v) is 11.6. The van der Waals surface area contributed by atoms with E-state index in [2.05, 4.69) is 5.32 Å². The molecule has 216 valence electrons. The summed E-state index contributed by atoms with van der Waals surface area (Å²) in [6.07, 6.45) is -23.7.